The summed E-state index contributed by atoms with van der Waals surface area (Å²) < 4.78 is 29.4. The fourth-order valence-corrected chi connectivity index (χ4v) is 2.72. The Labute approximate surface area is 142 Å². The van der Waals surface area contributed by atoms with E-state index in [1.807, 2.05) is 0 Å². The number of hydrazone groups is 1. The van der Waals surface area contributed by atoms with E-state index in [1.165, 1.54) is 25.5 Å². The van der Waals surface area contributed by atoms with Crippen molar-refractivity contribution in [2.45, 2.75) is 4.90 Å². The molecule has 0 amide bonds. The molecule has 0 aromatic heterocycles. The molecule has 0 radical (unpaired) electrons. The highest BCUT2D eigenvalue weighted by atomic mass is 79.9. The second-order valence-electron chi connectivity index (χ2n) is 4.42. The minimum atomic E-state index is -3.72. The SMILES string of the molecule is COC(=O)c1ccc(/C=N\NS(=O)(=O)c2ccc(Br)cc2)cc1. The Balaban J connectivity index is 2.06. The van der Waals surface area contributed by atoms with Crippen LogP contribution in [0.4, 0.5) is 0 Å². The first kappa shape index (κ1) is 17.2. The third-order valence-corrected chi connectivity index (χ3v) is 4.61. The average molecular weight is 397 g/mol. The summed E-state index contributed by atoms with van der Waals surface area (Å²) in [4.78, 5) is 13.5. The lowest BCUT2D eigenvalue weighted by Gasteiger charge is -2.03. The molecule has 0 bridgehead atoms. The van der Waals surface area contributed by atoms with E-state index in [0.29, 0.717) is 11.1 Å². The van der Waals surface area contributed by atoms with Crippen LogP contribution >= 0.6 is 15.9 Å². The number of sulfonamides is 1. The molecule has 6 nitrogen and oxygen atoms in total. The molecule has 23 heavy (non-hydrogen) atoms. The number of esters is 1. The molecule has 0 aliphatic rings. The zero-order valence-corrected chi connectivity index (χ0v) is 14.5. The van der Waals surface area contributed by atoms with Crippen LogP contribution in [0, 0.1) is 0 Å². The molecule has 0 aliphatic heterocycles. The lowest BCUT2D eigenvalue weighted by molar-refractivity contribution is 0.0600. The Morgan fingerprint density at radius 3 is 2.30 bits per heavy atom. The lowest BCUT2D eigenvalue weighted by atomic mass is 10.1. The van der Waals surface area contributed by atoms with Gasteiger partial charge in [-0.05, 0) is 42.0 Å². The average Bonchev–Trinajstić information content (AvgIpc) is 2.55. The number of benzene rings is 2. The normalized spacial score (nSPS) is 11.4. The third-order valence-electron chi connectivity index (χ3n) is 2.84. The largest absolute Gasteiger partial charge is 0.465 e. The molecule has 2 aromatic carbocycles. The topological polar surface area (TPSA) is 84.8 Å². The smallest absolute Gasteiger partial charge is 0.337 e. The van der Waals surface area contributed by atoms with Crippen LogP contribution in [-0.4, -0.2) is 27.7 Å². The van der Waals surface area contributed by atoms with Crippen molar-refractivity contribution in [3.05, 3.63) is 64.1 Å². The van der Waals surface area contributed by atoms with E-state index in [-0.39, 0.29) is 4.90 Å². The standard InChI is InChI=1S/C15H13BrN2O4S/c1-22-15(19)12-4-2-11(3-5-12)10-17-18-23(20,21)14-8-6-13(16)7-9-14/h2-10,18H,1H3/b17-10-. The van der Waals surface area contributed by atoms with E-state index in [0.717, 1.165) is 4.47 Å². The monoisotopic (exact) mass is 396 g/mol. The summed E-state index contributed by atoms with van der Waals surface area (Å²) in [6.07, 6.45) is 1.34. The minimum Gasteiger partial charge on any atom is -0.465 e. The van der Waals surface area contributed by atoms with Gasteiger partial charge in [-0.1, -0.05) is 28.1 Å². The van der Waals surface area contributed by atoms with E-state index in [1.54, 1.807) is 36.4 Å². The summed E-state index contributed by atoms with van der Waals surface area (Å²) in [5, 5.41) is 3.72. The predicted octanol–water partition coefficient (Wildman–Crippen LogP) is 2.55. The third kappa shape index (κ3) is 4.64. The molecule has 1 N–H and O–H groups in total. The molecule has 2 rings (SSSR count). The Hall–Kier alpha value is -2.19. The maximum atomic E-state index is 12.0. The molecule has 0 unspecified atom stereocenters. The van der Waals surface area contributed by atoms with Gasteiger partial charge in [0.05, 0.1) is 23.8 Å². The van der Waals surface area contributed by atoms with Gasteiger partial charge < -0.3 is 4.74 Å². The second kappa shape index (κ2) is 7.38. The quantitative estimate of drug-likeness (QED) is 0.478. The Morgan fingerprint density at radius 2 is 1.74 bits per heavy atom. The second-order valence-corrected chi connectivity index (χ2v) is 7.00. The summed E-state index contributed by atoms with van der Waals surface area (Å²) in [5.41, 5.74) is 1.04. The number of carbonyl (C=O) groups is 1. The van der Waals surface area contributed by atoms with E-state index in [4.69, 9.17) is 0 Å². The summed E-state index contributed by atoms with van der Waals surface area (Å²) in [6, 6.07) is 12.6. The molecule has 0 saturated carbocycles. The summed E-state index contributed by atoms with van der Waals surface area (Å²) in [5.74, 6) is -0.440. The van der Waals surface area contributed by atoms with E-state index < -0.39 is 16.0 Å². The summed E-state index contributed by atoms with van der Waals surface area (Å²) in [6.45, 7) is 0. The Bertz CT molecular complexity index is 816. The molecule has 0 heterocycles. The van der Waals surface area contributed by atoms with Crippen molar-refractivity contribution in [3.8, 4) is 0 Å². The van der Waals surface area contributed by atoms with Crippen molar-refractivity contribution < 1.29 is 17.9 Å². The first-order valence-electron chi connectivity index (χ1n) is 6.41. The number of nitrogens with zero attached hydrogens (tertiary/aromatic N) is 1. The number of methoxy groups -OCH3 is 1. The molecular formula is C15H13BrN2O4S. The Kier molecular flexibility index (Phi) is 5.51. The van der Waals surface area contributed by atoms with Crippen LogP contribution in [0.5, 0.6) is 0 Å². The maximum absolute atomic E-state index is 12.0. The lowest BCUT2D eigenvalue weighted by Crippen LogP contribution is -2.18. The number of hydrogen-bond donors (Lipinski definition) is 1. The number of hydrogen-bond acceptors (Lipinski definition) is 5. The molecule has 120 valence electrons. The van der Waals surface area contributed by atoms with E-state index in [2.05, 4.69) is 30.6 Å². The van der Waals surface area contributed by atoms with Gasteiger partial charge in [-0.3, -0.25) is 0 Å². The number of rotatable bonds is 5. The van der Waals surface area contributed by atoms with Crippen LogP contribution in [0.15, 0.2) is 63.0 Å². The highest BCUT2D eigenvalue weighted by Crippen LogP contribution is 2.14. The van der Waals surface area contributed by atoms with Gasteiger partial charge in [0.1, 0.15) is 0 Å². The molecule has 0 saturated heterocycles. The van der Waals surface area contributed by atoms with Crippen molar-refractivity contribution in [3.63, 3.8) is 0 Å². The highest BCUT2D eigenvalue weighted by molar-refractivity contribution is 9.10. The maximum Gasteiger partial charge on any atom is 0.337 e. The molecule has 0 fully saturated rings. The first-order chi connectivity index (χ1) is 10.9. The molecule has 0 aliphatic carbocycles. The summed E-state index contributed by atoms with van der Waals surface area (Å²) >= 11 is 3.24. The highest BCUT2D eigenvalue weighted by Gasteiger charge is 2.11. The van der Waals surface area contributed by atoms with Gasteiger partial charge in [0.15, 0.2) is 0 Å². The van der Waals surface area contributed by atoms with Crippen LogP contribution in [0.2, 0.25) is 0 Å². The zero-order chi connectivity index (χ0) is 16.9. The van der Waals surface area contributed by atoms with Crippen molar-refractivity contribution in [1.29, 1.82) is 0 Å². The van der Waals surface area contributed by atoms with Crippen molar-refractivity contribution in [2.75, 3.05) is 7.11 Å². The van der Waals surface area contributed by atoms with Crippen LogP contribution in [0.25, 0.3) is 0 Å². The fraction of sp³-hybridized carbons (Fsp3) is 0.0667. The fourth-order valence-electron chi connectivity index (χ4n) is 1.66. The molecular weight excluding hydrogens is 384 g/mol. The number of halogens is 1. The zero-order valence-electron chi connectivity index (χ0n) is 12.1. The van der Waals surface area contributed by atoms with Crippen molar-refractivity contribution >= 4 is 38.1 Å². The van der Waals surface area contributed by atoms with Gasteiger partial charge in [0, 0.05) is 4.47 Å². The van der Waals surface area contributed by atoms with Crippen LogP contribution in [0.1, 0.15) is 15.9 Å². The van der Waals surface area contributed by atoms with Crippen molar-refractivity contribution in [1.82, 2.24) is 4.83 Å². The number of nitrogens with one attached hydrogen (secondary N) is 1. The van der Waals surface area contributed by atoms with Crippen LogP contribution < -0.4 is 4.83 Å². The Morgan fingerprint density at radius 1 is 1.13 bits per heavy atom. The molecule has 0 spiro atoms. The molecule has 8 heteroatoms. The molecule has 0 atom stereocenters. The van der Waals surface area contributed by atoms with Gasteiger partial charge in [0.25, 0.3) is 10.0 Å². The number of ether oxygens (including phenoxy) is 1. The first-order valence-corrected chi connectivity index (χ1v) is 8.69. The predicted molar refractivity (Wildman–Crippen MR) is 89.8 cm³/mol. The van der Waals surface area contributed by atoms with Gasteiger partial charge in [-0.25, -0.2) is 9.63 Å². The van der Waals surface area contributed by atoms with E-state index >= 15 is 0 Å². The summed E-state index contributed by atoms with van der Waals surface area (Å²) in [7, 11) is -2.42. The van der Waals surface area contributed by atoms with E-state index in [9.17, 15) is 13.2 Å². The minimum absolute atomic E-state index is 0.110. The van der Waals surface area contributed by atoms with Gasteiger partial charge >= 0.3 is 5.97 Å². The molecule has 2 aromatic rings. The van der Waals surface area contributed by atoms with Crippen LogP contribution in [-0.2, 0) is 14.8 Å². The van der Waals surface area contributed by atoms with Gasteiger partial charge in [0.2, 0.25) is 0 Å². The van der Waals surface area contributed by atoms with Crippen molar-refractivity contribution in [2.24, 2.45) is 5.10 Å². The van der Waals surface area contributed by atoms with Gasteiger partial charge in [-0.2, -0.15) is 13.5 Å². The van der Waals surface area contributed by atoms with Crippen LogP contribution in [0.3, 0.4) is 0 Å². The van der Waals surface area contributed by atoms with Gasteiger partial charge in [-0.15, -0.1) is 0 Å². The number of carbonyl (C=O) groups excluding carboxylic acids is 1.